The maximum absolute atomic E-state index is 10.8. The van der Waals surface area contributed by atoms with Crippen LogP contribution >= 0.6 is 0 Å². The van der Waals surface area contributed by atoms with E-state index >= 15 is 0 Å². The SMILES string of the molecule is O=C(O)c1cccn1CCOC1CCCC1. The van der Waals surface area contributed by atoms with Gasteiger partial charge in [-0.3, -0.25) is 0 Å². The van der Waals surface area contributed by atoms with Gasteiger partial charge in [-0.25, -0.2) is 4.79 Å². The summed E-state index contributed by atoms with van der Waals surface area (Å²) in [6, 6.07) is 3.36. The van der Waals surface area contributed by atoms with Crippen molar-refractivity contribution in [3.63, 3.8) is 0 Å². The molecule has 1 saturated carbocycles. The van der Waals surface area contributed by atoms with Crippen molar-refractivity contribution in [2.45, 2.75) is 38.3 Å². The average Bonchev–Trinajstić information content (AvgIpc) is 2.87. The maximum Gasteiger partial charge on any atom is 0.352 e. The number of carbonyl (C=O) groups is 1. The first-order valence-electron chi connectivity index (χ1n) is 5.77. The third-order valence-corrected chi connectivity index (χ3v) is 3.04. The quantitative estimate of drug-likeness (QED) is 0.832. The summed E-state index contributed by atoms with van der Waals surface area (Å²) >= 11 is 0. The predicted octanol–water partition coefficient (Wildman–Crippen LogP) is 2.15. The standard InChI is InChI=1S/C12H17NO3/c14-12(15)11-6-3-7-13(11)8-9-16-10-4-1-2-5-10/h3,6-7,10H,1-2,4-5,8-9H2,(H,14,15). The highest BCUT2D eigenvalue weighted by Gasteiger charge is 2.15. The summed E-state index contributed by atoms with van der Waals surface area (Å²) in [5.74, 6) is -0.883. The summed E-state index contributed by atoms with van der Waals surface area (Å²) in [5.41, 5.74) is 0.329. The van der Waals surface area contributed by atoms with E-state index in [1.807, 2.05) is 0 Å². The first kappa shape index (κ1) is 11.2. The zero-order valence-corrected chi connectivity index (χ0v) is 9.26. The Bertz CT molecular complexity index is 353. The summed E-state index contributed by atoms with van der Waals surface area (Å²) < 4.78 is 7.42. The van der Waals surface area contributed by atoms with Gasteiger partial charge in [0.25, 0.3) is 0 Å². The zero-order valence-electron chi connectivity index (χ0n) is 9.26. The fourth-order valence-electron chi connectivity index (χ4n) is 2.18. The number of rotatable bonds is 5. The molecular weight excluding hydrogens is 206 g/mol. The maximum atomic E-state index is 10.8. The number of nitrogens with zero attached hydrogens (tertiary/aromatic N) is 1. The highest BCUT2D eigenvalue weighted by molar-refractivity contribution is 5.85. The number of carboxylic acids is 1. The van der Waals surface area contributed by atoms with Crippen molar-refractivity contribution >= 4 is 5.97 Å². The lowest BCUT2D eigenvalue weighted by atomic mass is 10.3. The lowest BCUT2D eigenvalue weighted by Crippen LogP contribution is -2.15. The Labute approximate surface area is 94.8 Å². The van der Waals surface area contributed by atoms with E-state index in [-0.39, 0.29) is 0 Å². The van der Waals surface area contributed by atoms with Crippen LogP contribution in [0.3, 0.4) is 0 Å². The molecule has 0 aromatic carbocycles. The molecule has 4 heteroatoms. The molecule has 4 nitrogen and oxygen atoms in total. The van der Waals surface area contributed by atoms with Crippen molar-refractivity contribution < 1.29 is 14.6 Å². The molecule has 0 amide bonds. The molecule has 0 bridgehead atoms. The molecule has 1 aliphatic rings. The minimum atomic E-state index is -0.883. The van der Waals surface area contributed by atoms with E-state index in [0.29, 0.717) is 24.9 Å². The number of aromatic carboxylic acids is 1. The van der Waals surface area contributed by atoms with Gasteiger partial charge in [0.1, 0.15) is 5.69 Å². The van der Waals surface area contributed by atoms with Crippen molar-refractivity contribution in [2.24, 2.45) is 0 Å². The van der Waals surface area contributed by atoms with Gasteiger partial charge in [-0.1, -0.05) is 12.8 Å². The summed E-state index contributed by atoms with van der Waals surface area (Å²) in [5, 5.41) is 8.90. The van der Waals surface area contributed by atoms with Gasteiger partial charge < -0.3 is 14.4 Å². The number of aromatic nitrogens is 1. The normalized spacial score (nSPS) is 16.8. The van der Waals surface area contributed by atoms with E-state index in [1.54, 1.807) is 22.9 Å². The molecule has 0 radical (unpaired) electrons. The van der Waals surface area contributed by atoms with Crippen molar-refractivity contribution in [1.82, 2.24) is 4.57 Å². The molecule has 1 N–H and O–H groups in total. The van der Waals surface area contributed by atoms with E-state index in [0.717, 1.165) is 12.8 Å². The molecule has 1 aromatic rings. The summed E-state index contributed by atoms with van der Waals surface area (Å²) in [7, 11) is 0. The highest BCUT2D eigenvalue weighted by Crippen LogP contribution is 2.20. The van der Waals surface area contributed by atoms with E-state index < -0.39 is 5.97 Å². The van der Waals surface area contributed by atoms with Crippen LogP contribution in [0.4, 0.5) is 0 Å². The minimum Gasteiger partial charge on any atom is -0.477 e. The summed E-state index contributed by atoms with van der Waals surface area (Å²) in [6.07, 6.45) is 6.99. The smallest absolute Gasteiger partial charge is 0.352 e. The van der Waals surface area contributed by atoms with Crippen LogP contribution in [0.1, 0.15) is 36.2 Å². The third-order valence-electron chi connectivity index (χ3n) is 3.04. The number of hydrogen-bond acceptors (Lipinski definition) is 2. The molecule has 1 aromatic heterocycles. The van der Waals surface area contributed by atoms with Gasteiger partial charge in [0, 0.05) is 12.7 Å². The Morgan fingerprint density at radius 2 is 2.25 bits per heavy atom. The van der Waals surface area contributed by atoms with Crippen LogP contribution in [0, 0.1) is 0 Å². The molecule has 0 saturated heterocycles. The number of hydrogen-bond donors (Lipinski definition) is 1. The monoisotopic (exact) mass is 223 g/mol. The lowest BCUT2D eigenvalue weighted by Gasteiger charge is -2.12. The molecule has 0 atom stereocenters. The molecule has 1 fully saturated rings. The topological polar surface area (TPSA) is 51.5 Å². The van der Waals surface area contributed by atoms with Crippen LogP contribution in [0.15, 0.2) is 18.3 Å². The van der Waals surface area contributed by atoms with E-state index in [1.165, 1.54) is 12.8 Å². The van der Waals surface area contributed by atoms with Crippen LogP contribution in [0.2, 0.25) is 0 Å². The van der Waals surface area contributed by atoms with Crippen molar-refractivity contribution in [3.05, 3.63) is 24.0 Å². The number of carboxylic acid groups (broad SMARTS) is 1. The lowest BCUT2D eigenvalue weighted by molar-refractivity contribution is 0.0515. The molecule has 88 valence electrons. The molecule has 1 heterocycles. The second-order valence-corrected chi connectivity index (χ2v) is 4.17. The third kappa shape index (κ3) is 2.64. The van der Waals surface area contributed by atoms with E-state index in [4.69, 9.17) is 9.84 Å². The van der Waals surface area contributed by atoms with Gasteiger partial charge in [-0.2, -0.15) is 0 Å². The molecular formula is C12H17NO3. The average molecular weight is 223 g/mol. The van der Waals surface area contributed by atoms with Gasteiger partial charge in [0.05, 0.1) is 12.7 Å². The van der Waals surface area contributed by atoms with Gasteiger partial charge in [-0.15, -0.1) is 0 Å². The molecule has 16 heavy (non-hydrogen) atoms. The Morgan fingerprint density at radius 3 is 2.94 bits per heavy atom. The Balaban J connectivity index is 1.80. The minimum absolute atomic E-state index is 0.329. The van der Waals surface area contributed by atoms with Crippen LogP contribution in [-0.4, -0.2) is 28.4 Å². The molecule has 0 spiro atoms. The predicted molar refractivity (Wildman–Crippen MR) is 59.6 cm³/mol. The molecule has 0 unspecified atom stereocenters. The second kappa shape index (κ2) is 5.16. The first-order chi connectivity index (χ1) is 7.77. The van der Waals surface area contributed by atoms with Gasteiger partial charge in [0.2, 0.25) is 0 Å². The Morgan fingerprint density at radius 1 is 1.50 bits per heavy atom. The van der Waals surface area contributed by atoms with Gasteiger partial charge in [-0.05, 0) is 25.0 Å². The molecule has 2 rings (SSSR count). The van der Waals surface area contributed by atoms with Crippen molar-refractivity contribution in [2.75, 3.05) is 6.61 Å². The van der Waals surface area contributed by atoms with Crippen LogP contribution in [0.5, 0.6) is 0 Å². The second-order valence-electron chi connectivity index (χ2n) is 4.17. The fraction of sp³-hybridized carbons (Fsp3) is 0.583. The molecule has 1 aliphatic carbocycles. The van der Waals surface area contributed by atoms with Crippen LogP contribution < -0.4 is 0 Å². The summed E-state index contributed by atoms with van der Waals surface area (Å²) in [6.45, 7) is 1.21. The van der Waals surface area contributed by atoms with Crippen LogP contribution in [0.25, 0.3) is 0 Å². The van der Waals surface area contributed by atoms with E-state index in [9.17, 15) is 4.79 Å². The largest absolute Gasteiger partial charge is 0.477 e. The Hall–Kier alpha value is -1.29. The zero-order chi connectivity index (χ0) is 11.4. The Kier molecular flexibility index (Phi) is 3.62. The first-order valence-corrected chi connectivity index (χ1v) is 5.77. The molecule has 0 aliphatic heterocycles. The van der Waals surface area contributed by atoms with Crippen molar-refractivity contribution in [3.8, 4) is 0 Å². The fourth-order valence-corrected chi connectivity index (χ4v) is 2.18. The van der Waals surface area contributed by atoms with Gasteiger partial charge >= 0.3 is 5.97 Å². The summed E-state index contributed by atoms with van der Waals surface area (Å²) in [4.78, 5) is 10.8. The number of ether oxygens (including phenoxy) is 1. The van der Waals surface area contributed by atoms with E-state index in [2.05, 4.69) is 0 Å². The van der Waals surface area contributed by atoms with Gasteiger partial charge in [0.15, 0.2) is 0 Å². The van der Waals surface area contributed by atoms with Crippen molar-refractivity contribution in [1.29, 1.82) is 0 Å². The van der Waals surface area contributed by atoms with Crippen LogP contribution in [-0.2, 0) is 11.3 Å². The highest BCUT2D eigenvalue weighted by atomic mass is 16.5.